The summed E-state index contributed by atoms with van der Waals surface area (Å²) in [6.07, 6.45) is 7.23. The highest BCUT2D eigenvalue weighted by Gasteiger charge is 2.29. The van der Waals surface area contributed by atoms with Gasteiger partial charge in [-0.2, -0.15) is 0 Å². The van der Waals surface area contributed by atoms with Crippen molar-refractivity contribution < 1.29 is 23.8 Å². The first-order chi connectivity index (χ1) is 15.7. The van der Waals surface area contributed by atoms with Crippen LogP contribution in [0.5, 0.6) is 5.75 Å². The molecule has 1 aliphatic heterocycles. The average Bonchev–Trinajstić information content (AvgIpc) is 2.87. The summed E-state index contributed by atoms with van der Waals surface area (Å²) in [4.78, 5) is 11.8. The van der Waals surface area contributed by atoms with Crippen LogP contribution in [0.4, 0.5) is 4.39 Å². The van der Waals surface area contributed by atoms with E-state index < -0.39 is 18.2 Å². The number of fused-ring (bicyclic) bond motifs is 1. The summed E-state index contributed by atoms with van der Waals surface area (Å²) >= 11 is 0. The lowest BCUT2D eigenvalue weighted by Crippen LogP contribution is -2.31. The van der Waals surface area contributed by atoms with E-state index in [-0.39, 0.29) is 17.7 Å². The summed E-state index contributed by atoms with van der Waals surface area (Å²) < 4.78 is 25.0. The fourth-order valence-electron chi connectivity index (χ4n) is 4.43. The highest BCUT2D eigenvalue weighted by Crippen LogP contribution is 2.44. The molecule has 0 spiro atoms. The molecule has 0 radical (unpaired) electrons. The van der Waals surface area contributed by atoms with E-state index in [1.807, 2.05) is 36.4 Å². The van der Waals surface area contributed by atoms with Crippen LogP contribution in [0, 0.1) is 18.2 Å². The molecule has 0 aromatic heterocycles. The zero-order chi connectivity index (χ0) is 23.8. The Morgan fingerprint density at radius 2 is 2.00 bits per heavy atom. The van der Waals surface area contributed by atoms with Crippen LogP contribution in [0.25, 0.3) is 11.6 Å². The van der Waals surface area contributed by atoms with Crippen LogP contribution in [-0.4, -0.2) is 30.4 Å². The SMILES string of the molecule is COc1ccc2c(c1)C=CC(C)(C)C(/C=C/[C@@H]1C[C@@H](O)CC(=O)O1)=C2c1ccc(F)c(C)c1. The third-order valence-corrected chi connectivity index (χ3v) is 6.28. The van der Waals surface area contributed by atoms with Crippen molar-refractivity contribution in [2.75, 3.05) is 7.11 Å². The molecule has 0 saturated carbocycles. The normalized spacial score (nSPS) is 22.2. The molecule has 2 aromatic rings. The molecule has 0 bridgehead atoms. The molecule has 33 heavy (non-hydrogen) atoms. The van der Waals surface area contributed by atoms with Crippen LogP contribution in [0.1, 0.15) is 48.9 Å². The number of aryl methyl sites for hydroxylation is 1. The Hall–Kier alpha value is -3.18. The first kappa shape index (κ1) is 23.0. The lowest BCUT2D eigenvalue weighted by molar-refractivity contribution is -0.156. The van der Waals surface area contributed by atoms with Crippen LogP contribution in [0.2, 0.25) is 0 Å². The maximum absolute atomic E-state index is 14.1. The van der Waals surface area contributed by atoms with Gasteiger partial charge in [0.1, 0.15) is 17.7 Å². The van der Waals surface area contributed by atoms with E-state index in [0.29, 0.717) is 12.0 Å². The fourth-order valence-corrected chi connectivity index (χ4v) is 4.43. The number of aliphatic hydroxyl groups excluding tert-OH is 1. The molecule has 1 aliphatic carbocycles. The number of hydrogen-bond acceptors (Lipinski definition) is 4. The predicted molar refractivity (Wildman–Crippen MR) is 127 cm³/mol. The molecule has 1 heterocycles. The van der Waals surface area contributed by atoms with Gasteiger partial charge < -0.3 is 14.6 Å². The Bertz CT molecular complexity index is 1170. The third kappa shape index (κ3) is 4.79. The summed E-state index contributed by atoms with van der Waals surface area (Å²) in [5.74, 6) is 0.109. The standard InChI is InChI=1S/C28H29FO4/c1-17-13-19(5-10-25(17)29)27-23-8-6-21(32-4)14-18(23)11-12-28(2,3)24(27)9-7-22-15-20(30)16-26(31)33-22/h5-14,20,22,30H,15-16H2,1-4H3/b9-7+/t20-,22-/m1/s1. The van der Waals surface area contributed by atoms with Crippen molar-refractivity contribution >= 4 is 17.6 Å². The lowest BCUT2D eigenvalue weighted by Gasteiger charge is -2.27. The van der Waals surface area contributed by atoms with Crippen LogP contribution >= 0.6 is 0 Å². The number of allylic oxidation sites excluding steroid dienone is 3. The Kier molecular flexibility index (Phi) is 6.26. The monoisotopic (exact) mass is 448 g/mol. The van der Waals surface area contributed by atoms with Crippen LogP contribution in [0.3, 0.4) is 0 Å². The van der Waals surface area contributed by atoms with Gasteiger partial charge in [0.25, 0.3) is 0 Å². The highest BCUT2D eigenvalue weighted by atomic mass is 19.1. The van der Waals surface area contributed by atoms with E-state index in [1.54, 1.807) is 20.1 Å². The molecule has 2 aliphatic rings. The molecule has 5 heteroatoms. The second kappa shape index (κ2) is 8.99. The number of ether oxygens (including phenoxy) is 2. The van der Waals surface area contributed by atoms with Crippen LogP contribution < -0.4 is 4.74 Å². The van der Waals surface area contributed by atoms with Crippen molar-refractivity contribution in [3.05, 3.63) is 88.3 Å². The number of hydrogen-bond donors (Lipinski definition) is 1. The molecule has 2 aromatic carbocycles. The second-order valence-electron chi connectivity index (χ2n) is 9.24. The number of halogens is 1. The molecule has 0 amide bonds. The molecule has 4 nitrogen and oxygen atoms in total. The van der Waals surface area contributed by atoms with Crippen molar-refractivity contribution in [1.29, 1.82) is 0 Å². The van der Waals surface area contributed by atoms with Gasteiger partial charge in [0, 0.05) is 11.8 Å². The van der Waals surface area contributed by atoms with E-state index in [1.165, 1.54) is 6.07 Å². The number of rotatable bonds is 4. The highest BCUT2D eigenvalue weighted by molar-refractivity contribution is 5.90. The zero-order valence-corrected chi connectivity index (χ0v) is 19.4. The molecular weight excluding hydrogens is 419 g/mol. The summed E-state index contributed by atoms with van der Waals surface area (Å²) in [5.41, 5.74) is 5.08. The average molecular weight is 449 g/mol. The Morgan fingerprint density at radius 3 is 2.70 bits per heavy atom. The van der Waals surface area contributed by atoms with Gasteiger partial charge in [-0.1, -0.05) is 44.2 Å². The van der Waals surface area contributed by atoms with Crippen molar-refractivity contribution in [1.82, 2.24) is 0 Å². The Balaban J connectivity index is 1.93. The smallest absolute Gasteiger partial charge is 0.309 e. The van der Waals surface area contributed by atoms with E-state index >= 15 is 0 Å². The van der Waals surface area contributed by atoms with Gasteiger partial charge in [-0.15, -0.1) is 0 Å². The molecule has 1 saturated heterocycles. The zero-order valence-electron chi connectivity index (χ0n) is 19.4. The topological polar surface area (TPSA) is 55.8 Å². The minimum atomic E-state index is -0.704. The quantitative estimate of drug-likeness (QED) is 0.617. The summed E-state index contributed by atoms with van der Waals surface area (Å²) in [6, 6.07) is 11.1. The molecule has 172 valence electrons. The van der Waals surface area contributed by atoms with Gasteiger partial charge in [0.2, 0.25) is 0 Å². The second-order valence-corrected chi connectivity index (χ2v) is 9.24. The first-order valence-electron chi connectivity index (χ1n) is 11.1. The Labute approximate surface area is 194 Å². The summed E-state index contributed by atoms with van der Waals surface area (Å²) in [6.45, 7) is 5.99. The van der Waals surface area contributed by atoms with Gasteiger partial charge in [-0.3, -0.25) is 4.79 Å². The minimum Gasteiger partial charge on any atom is -0.497 e. The van der Waals surface area contributed by atoms with Gasteiger partial charge in [-0.05, 0) is 70.7 Å². The summed E-state index contributed by atoms with van der Waals surface area (Å²) in [5, 5.41) is 10.00. The van der Waals surface area contributed by atoms with E-state index in [9.17, 15) is 14.3 Å². The predicted octanol–water partition coefficient (Wildman–Crippen LogP) is 5.62. The number of esters is 1. The van der Waals surface area contributed by atoms with E-state index in [2.05, 4.69) is 26.0 Å². The number of cyclic esters (lactones) is 1. The van der Waals surface area contributed by atoms with E-state index in [4.69, 9.17) is 9.47 Å². The van der Waals surface area contributed by atoms with Gasteiger partial charge >= 0.3 is 5.97 Å². The molecule has 0 unspecified atom stereocenters. The van der Waals surface area contributed by atoms with Gasteiger partial charge in [-0.25, -0.2) is 4.39 Å². The number of carbonyl (C=O) groups excluding carboxylic acids is 1. The van der Waals surface area contributed by atoms with Crippen molar-refractivity contribution in [3.8, 4) is 5.75 Å². The third-order valence-electron chi connectivity index (χ3n) is 6.28. The van der Waals surface area contributed by atoms with Crippen molar-refractivity contribution in [3.63, 3.8) is 0 Å². The van der Waals surface area contributed by atoms with Gasteiger partial charge in [0.15, 0.2) is 0 Å². The van der Waals surface area contributed by atoms with Crippen LogP contribution in [-0.2, 0) is 9.53 Å². The van der Waals surface area contributed by atoms with Gasteiger partial charge in [0.05, 0.1) is 19.6 Å². The minimum absolute atomic E-state index is 0.0244. The number of benzene rings is 2. The maximum Gasteiger partial charge on any atom is 0.309 e. The largest absolute Gasteiger partial charge is 0.497 e. The molecule has 1 N–H and O–H groups in total. The number of carbonyl (C=O) groups is 1. The molecule has 4 rings (SSSR count). The molecule has 2 atom stereocenters. The number of aliphatic hydroxyl groups is 1. The maximum atomic E-state index is 14.1. The number of methoxy groups -OCH3 is 1. The Morgan fingerprint density at radius 1 is 1.21 bits per heavy atom. The molecular formula is C28H29FO4. The summed E-state index contributed by atoms with van der Waals surface area (Å²) in [7, 11) is 1.64. The van der Waals surface area contributed by atoms with Crippen LogP contribution in [0.15, 0.2) is 60.2 Å². The van der Waals surface area contributed by atoms with Crippen molar-refractivity contribution in [2.24, 2.45) is 5.41 Å². The van der Waals surface area contributed by atoms with Crippen molar-refractivity contribution in [2.45, 2.75) is 45.8 Å². The lowest BCUT2D eigenvalue weighted by atomic mass is 9.78. The first-order valence-corrected chi connectivity index (χ1v) is 11.1. The molecule has 1 fully saturated rings. The fraction of sp³-hybridized carbons (Fsp3) is 0.321. The van der Waals surface area contributed by atoms with E-state index in [0.717, 1.165) is 33.6 Å².